The third kappa shape index (κ3) is 2.74. The van der Waals surface area contributed by atoms with Gasteiger partial charge in [-0.2, -0.15) is 5.06 Å². The average Bonchev–Trinajstić information content (AvgIpc) is 3.17. The van der Waals surface area contributed by atoms with Crippen molar-refractivity contribution in [1.29, 1.82) is 0 Å². The van der Waals surface area contributed by atoms with Gasteiger partial charge in [-0.05, 0) is 17.7 Å². The Balaban J connectivity index is 1.56. The number of ether oxygens (including phenoxy) is 1. The number of hydroxylamine groups is 2. The van der Waals surface area contributed by atoms with Crippen molar-refractivity contribution in [2.24, 2.45) is 0 Å². The van der Waals surface area contributed by atoms with Gasteiger partial charge in [-0.15, -0.1) is 0 Å². The highest BCUT2D eigenvalue weighted by molar-refractivity contribution is 5.95. The van der Waals surface area contributed by atoms with Crippen molar-refractivity contribution in [2.75, 3.05) is 7.11 Å². The first kappa shape index (κ1) is 16.4. The first-order valence-electron chi connectivity index (χ1n) is 8.36. The van der Waals surface area contributed by atoms with Crippen molar-refractivity contribution in [3.63, 3.8) is 0 Å². The molecule has 26 heavy (non-hydrogen) atoms. The van der Waals surface area contributed by atoms with Gasteiger partial charge in [-0.3, -0.25) is 14.2 Å². The van der Waals surface area contributed by atoms with Crippen LogP contribution in [0.1, 0.15) is 23.7 Å². The zero-order valence-corrected chi connectivity index (χ0v) is 14.3. The van der Waals surface area contributed by atoms with Crippen LogP contribution in [0.2, 0.25) is 0 Å². The number of para-hydroxylation sites is 1. The van der Waals surface area contributed by atoms with Gasteiger partial charge in [0.15, 0.2) is 0 Å². The van der Waals surface area contributed by atoms with E-state index in [1.807, 2.05) is 60.7 Å². The van der Waals surface area contributed by atoms with Crippen LogP contribution in [-0.2, 0) is 21.0 Å². The number of carbonyl (C=O) groups is 2. The highest BCUT2D eigenvalue weighted by Crippen LogP contribution is 2.37. The van der Waals surface area contributed by atoms with Gasteiger partial charge < -0.3 is 4.74 Å². The molecule has 6 heteroatoms. The number of fused-ring (bicyclic) bond motifs is 3. The highest BCUT2D eigenvalue weighted by atomic mass is 16.7. The van der Waals surface area contributed by atoms with Gasteiger partial charge in [0.25, 0.3) is 0 Å². The lowest BCUT2D eigenvalue weighted by Crippen LogP contribution is -2.30. The normalized spacial score (nSPS) is 16.1. The lowest BCUT2D eigenvalue weighted by atomic mass is 10.1. The van der Waals surface area contributed by atoms with Crippen molar-refractivity contribution in [3.8, 4) is 0 Å². The fourth-order valence-electron chi connectivity index (χ4n) is 3.33. The summed E-state index contributed by atoms with van der Waals surface area (Å²) < 4.78 is 6.96. The molecule has 1 unspecified atom stereocenters. The minimum absolute atomic E-state index is 0.0305. The Morgan fingerprint density at radius 3 is 2.58 bits per heavy atom. The van der Waals surface area contributed by atoms with E-state index >= 15 is 0 Å². The standard InChI is InChI=1S/C20H18N2O4/c1-25-22-18(12-19(23)26-13-14-7-3-2-4-8-14)17-11-15-9-5-6-10-16(15)21(17)20(22)24/h2-11,18H,12-13H2,1H3. The summed E-state index contributed by atoms with van der Waals surface area (Å²) in [5.41, 5.74) is 2.45. The molecule has 2 heterocycles. The first-order chi connectivity index (χ1) is 12.7. The van der Waals surface area contributed by atoms with Gasteiger partial charge in [0, 0.05) is 5.39 Å². The van der Waals surface area contributed by atoms with Crippen molar-refractivity contribution >= 4 is 22.9 Å². The Bertz CT molecular complexity index is 964. The SMILES string of the molecule is CON1C(=O)n2c(cc3ccccc32)C1CC(=O)OCc1ccccc1. The summed E-state index contributed by atoms with van der Waals surface area (Å²) in [5.74, 6) is -0.382. The molecule has 1 aromatic heterocycles. The summed E-state index contributed by atoms with van der Waals surface area (Å²) in [6.07, 6.45) is 0.0305. The monoisotopic (exact) mass is 350 g/mol. The van der Waals surface area contributed by atoms with E-state index in [1.54, 1.807) is 4.57 Å². The van der Waals surface area contributed by atoms with Crippen LogP contribution >= 0.6 is 0 Å². The van der Waals surface area contributed by atoms with Crippen molar-refractivity contribution in [2.45, 2.75) is 19.1 Å². The van der Waals surface area contributed by atoms with Gasteiger partial charge >= 0.3 is 12.0 Å². The first-order valence-corrected chi connectivity index (χ1v) is 8.36. The summed E-state index contributed by atoms with van der Waals surface area (Å²) >= 11 is 0. The largest absolute Gasteiger partial charge is 0.461 e. The van der Waals surface area contributed by atoms with Crippen LogP contribution in [0.4, 0.5) is 4.79 Å². The summed E-state index contributed by atoms with van der Waals surface area (Å²) in [6.45, 7) is 0.205. The molecule has 0 spiro atoms. The molecule has 3 aromatic rings. The number of aromatic nitrogens is 1. The second-order valence-corrected chi connectivity index (χ2v) is 6.12. The van der Waals surface area contributed by atoms with Crippen molar-refractivity contribution < 1.29 is 19.2 Å². The minimum atomic E-state index is -0.511. The molecule has 0 radical (unpaired) electrons. The van der Waals surface area contributed by atoms with Crippen LogP contribution in [0.15, 0.2) is 60.7 Å². The summed E-state index contributed by atoms with van der Waals surface area (Å²) in [6, 6.07) is 18.2. The van der Waals surface area contributed by atoms with Crippen LogP contribution in [0.25, 0.3) is 10.9 Å². The van der Waals surface area contributed by atoms with E-state index in [4.69, 9.17) is 9.57 Å². The highest BCUT2D eigenvalue weighted by Gasteiger charge is 2.40. The van der Waals surface area contributed by atoms with E-state index in [0.717, 1.165) is 22.2 Å². The molecular weight excluding hydrogens is 332 g/mol. The average molecular weight is 350 g/mol. The molecule has 132 valence electrons. The lowest BCUT2D eigenvalue weighted by Gasteiger charge is -2.20. The van der Waals surface area contributed by atoms with Crippen molar-refractivity contribution in [1.82, 2.24) is 9.63 Å². The molecule has 6 nitrogen and oxygen atoms in total. The quantitative estimate of drug-likeness (QED) is 0.659. The topological polar surface area (TPSA) is 60.8 Å². The van der Waals surface area contributed by atoms with Gasteiger partial charge in [-0.25, -0.2) is 4.79 Å². The third-order valence-corrected chi connectivity index (χ3v) is 4.54. The molecule has 1 aliphatic rings. The number of amides is 1. The smallest absolute Gasteiger partial charge is 0.353 e. The number of carbonyl (C=O) groups excluding carboxylic acids is 2. The zero-order valence-electron chi connectivity index (χ0n) is 14.3. The van der Waals surface area contributed by atoms with E-state index in [1.165, 1.54) is 12.2 Å². The molecule has 0 N–H and O–H groups in total. The Hall–Kier alpha value is -3.12. The zero-order chi connectivity index (χ0) is 18.1. The summed E-state index contributed by atoms with van der Waals surface area (Å²) in [7, 11) is 1.43. The molecule has 2 aromatic carbocycles. The number of nitrogens with zero attached hydrogens (tertiary/aromatic N) is 2. The molecule has 0 saturated heterocycles. The van der Waals surface area contributed by atoms with E-state index in [-0.39, 0.29) is 25.0 Å². The molecule has 1 amide bonds. The predicted molar refractivity (Wildman–Crippen MR) is 95.2 cm³/mol. The molecule has 1 aliphatic heterocycles. The maximum absolute atomic E-state index is 12.7. The van der Waals surface area contributed by atoms with E-state index in [2.05, 4.69) is 0 Å². The van der Waals surface area contributed by atoms with Crippen LogP contribution in [0.5, 0.6) is 0 Å². The second kappa shape index (κ2) is 6.65. The Morgan fingerprint density at radius 2 is 1.81 bits per heavy atom. The number of hydrogen-bond acceptors (Lipinski definition) is 4. The molecule has 0 aliphatic carbocycles. The Morgan fingerprint density at radius 1 is 1.08 bits per heavy atom. The maximum Gasteiger partial charge on any atom is 0.353 e. The fraction of sp³-hybridized carbons (Fsp3) is 0.200. The lowest BCUT2D eigenvalue weighted by molar-refractivity contribution is -0.153. The van der Waals surface area contributed by atoms with E-state index < -0.39 is 6.04 Å². The van der Waals surface area contributed by atoms with Crippen LogP contribution in [0, 0.1) is 0 Å². The number of benzene rings is 2. The van der Waals surface area contributed by atoms with Crippen LogP contribution in [0.3, 0.4) is 0 Å². The fourth-order valence-corrected chi connectivity index (χ4v) is 3.33. The van der Waals surface area contributed by atoms with Gasteiger partial charge in [-0.1, -0.05) is 48.5 Å². The summed E-state index contributed by atoms with van der Waals surface area (Å²) in [4.78, 5) is 30.3. The minimum Gasteiger partial charge on any atom is -0.461 e. The Labute approximate surface area is 150 Å². The second-order valence-electron chi connectivity index (χ2n) is 6.12. The van der Waals surface area contributed by atoms with E-state index in [9.17, 15) is 9.59 Å². The maximum atomic E-state index is 12.7. The van der Waals surface area contributed by atoms with E-state index in [0.29, 0.717) is 0 Å². The van der Waals surface area contributed by atoms with Gasteiger partial charge in [0.2, 0.25) is 0 Å². The molecule has 4 rings (SSSR count). The molecule has 1 atom stereocenters. The van der Waals surface area contributed by atoms with Gasteiger partial charge in [0.1, 0.15) is 12.6 Å². The summed E-state index contributed by atoms with van der Waals surface area (Å²) in [5, 5.41) is 2.18. The Kier molecular flexibility index (Phi) is 4.18. The van der Waals surface area contributed by atoms with Gasteiger partial charge in [0.05, 0.1) is 24.7 Å². The van der Waals surface area contributed by atoms with Crippen molar-refractivity contribution in [3.05, 3.63) is 71.9 Å². The molecule has 0 saturated carbocycles. The number of rotatable bonds is 5. The predicted octanol–water partition coefficient (Wildman–Crippen LogP) is 3.66. The molecule has 0 bridgehead atoms. The molecule has 0 fully saturated rings. The third-order valence-electron chi connectivity index (χ3n) is 4.54. The van der Waals surface area contributed by atoms with Crippen LogP contribution < -0.4 is 0 Å². The number of hydrogen-bond donors (Lipinski definition) is 0. The number of esters is 1. The molecular formula is C20H18N2O4. The van der Waals surface area contributed by atoms with Crippen LogP contribution in [-0.4, -0.2) is 28.7 Å².